The van der Waals surface area contributed by atoms with Crippen LogP contribution in [-0.4, -0.2) is 6.67 Å². The first-order valence-electron chi connectivity index (χ1n) is 4.03. The first kappa shape index (κ1) is 14.2. The summed E-state index contributed by atoms with van der Waals surface area (Å²) in [5.74, 6) is -4.19. The Morgan fingerprint density at radius 3 is 2.27 bits per heavy atom. The summed E-state index contributed by atoms with van der Waals surface area (Å²) in [7, 11) is 0. The van der Waals surface area contributed by atoms with Crippen LogP contribution in [0, 0.1) is 17.5 Å². The molecule has 0 aliphatic heterocycles. The third-order valence-corrected chi connectivity index (χ3v) is 1.88. The SMILES string of the molecule is Cl.N[C@@H](CCF)c1ccc(F)c(F)c1F. The molecule has 15 heavy (non-hydrogen) atoms. The van der Waals surface area contributed by atoms with E-state index < -0.39 is 30.2 Å². The molecule has 2 N–H and O–H groups in total. The molecular formula is C9H10ClF4N. The summed E-state index contributed by atoms with van der Waals surface area (Å²) >= 11 is 0. The van der Waals surface area contributed by atoms with Crippen molar-refractivity contribution in [2.24, 2.45) is 5.73 Å². The summed E-state index contributed by atoms with van der Waals surface area (Å²) < 4.78 is 50.1. The summed E-state index contributed by atoms with van der Waals surface area (Å²) in [6, 6.07) is 0.843. The summed E-state index contributed by atoms with van der Waals surface area (Å²) in [5, 5.41) is 0. The average Bonchev–Trinajstić information content (AvgIpc) is 2.15. The van der Waals surface area contributed by atoms with Crippen LogP contribution in [0.5, 0.6) is 0 Å². The molecule has 0 unspecified atom stereocenters. The zero-order chi connectivity index (χ0) is 10.7. The summed E-state index contributed by atoms with van der Waals surface area (Å²) in [6.45, 7) is -0.737. The Kier molecular flexibility index (Phi) is 5.60. The van der Waals surface area contributed by atoms with Crippen LogP contribution in [0.4, 0.5) is 17.6 Å². The largest absolute Gasteiger partial charge is 0.324 e. The summed E-state index contributed by atoms with van der Waals surface area (Å²) in [6.07, 6.45) is -0.123. The standard InChI is InChI=1S/C9H9F4N.ClH/c10-4-3-7(14)5-1-2-6(11)9(13)8(5)12;/h1-2,7H,3-4,14H2;1H/t7-;/m0./s1. The molecule has 1 aromatic carbocycles. The Morgan fingerprint density at radius 2 is 1.73 bits per heavy atom. The van der Waals surface area contributed by atoms with Gasteiger partial charge in [-0.2, -0.15) is 0 Å². The third-order valence-electron chi connectivity index (χ3n) is 1.88. The van der Waals surface area contributed by atoms with Crippen LogP contribution in [-0.2, 0) is 0 Å². The predicted octanol–water partition coefficient (Wildman–Crippen LogP) is 2.89. The van der Waals surface area contributed by atoms with E-state index in [2.05, 4.69) is 0 Å². The Hall–Kier alpha value is -0.810. The van der Waals surface area contributed by atoms with Crippen molar-refractivity contribution >= 4 is 12.4 Å². The van der Waals surface area contributed by atoms with Crippen molar-refractivity contribution in [1.82, 2.24) is 0 Å². The van der Waals surface area contributed by atoms with Crippen molar-refractivity contribution in [2.75, 3.05) is 6.67 Å². The van der Waals surface area contributed by atoms with E-state index in [0.29, 0.717) is 0 Å². The zero-order valence-corrected chi connectivity index (χ0v) is 8.46. The number of rotatable bonds is 3. The lowest BCUT2D eigenvalue weighted by atomic mass is 10.0. The number of hydrogen-bond acceptors (Lipinski definition) is 1. The number of halogens is 5. The van der Waals surface area contributed by atoms with Gasteiger partial charge in [0, 0.05) is 11.6 Å². The fourth-order valence-corrected chi connectivity index (χ4v) is 1.10. The maximum atomic E-state index is 13.0. The minimum atomic E-state index is -1.57. The first-order chi connectivity index (χ1) is 6.57. The molecule has 0 radical (unpaired) electrons. The topological polar surface area (TPSA) is 26.0 Å². The Labute approximate surface area is 90.7 Å². The fourth-order valence-electron chi connectivity index (χ4n) is 1.10. The quantitative estimate of drug-likeness (QED) is 0.641. The normalized spacial score (nSPS) is 12.1. The number of alkyl halides is 1. The van der Waals surface area contributed by atoms with Gasteiger partial charge in [-0.05, 0) is 12.5 Å². The van der Waals surface area contributed by atoms with Crippen molar-refractivity contribution in [2.45, 2.75) is 12.5 Å². The van der Waals surface area contributed by atoms with E-state index in [1.807, 2.05) is 0 Å². The van der Waals surface area contributed by atoms with Crippen LogP contribution in [0.25, 0.3) is 0 Å². The molecule has 0 amide bonds. The number of benzene rings is 1. The highest BCUT2D eigenvalue weighted by molar-refractivity contribution is 5.85. The van der Waals surface area contributed by atoms with E-state index in [4.69, 9.17) is 5.73 Å². The van der Waals surface area contributed by atoms with E-state index in [9.17, 15) is 17.6 Å². The number of nitrogens with two attached hydrogens (primary N) is 1. The molecular weight excluding hydrogens is 234 g/mol. The van der Waals surface area contributed by atoms with Crippen molar-refractivity contribution in [3.8, 4) is 0 Å². The van der Waals surface area contributed by atoms with Gasteiger partial charge in [-0.15, -0.1) is 12.4 Å². The fraction of sp³-hybridized carbons (Fsp3) is 0.333. The van der Waals surface area contributed by atoms with Crippen LogP contribution in [0.2, 0.25) is 0 Å². The highest BCUT2D eigenvalue weighted by Crippen LogP contribution is 2.21. The van der Waals surface area contributed by atoms with Gasteiger partial charge in [0.05, 0.1) is 6.67 Å². The lowest BCUT2D eigenvalue weighted by Gasteiger charge is -2.11. The van der Waals surface area contributed by atoms with Crippen molar-refractivity contribution in [1.29, 1.82) is 0 Å². The highest BCUT2D eigenvalue weighted by atomic mass is 35.5. The highest BCUT2D eigenvalue weighted by Gasteiger charge is 2.17. The minimum Gasteiger partial charge on any atom is -0.324 e. The van der Waals surface area contributed by atoms with E-state index in [1.165, 1.54) is 0 Å². The molecule has 0 saturated heterocycles. The second kappa shape index (κ2) is 5.92. The van der Waals surface area contributed by atoms with Gasteiger partial charge in [0.15, 0.2) is 17.5 Å². The average molecular weight is 244 g/mol. The predicted molar refractivity (Wildman–Crippen MR) is 51.1 cm³/mol. The Morgan fingerprint density at radius 1 is 1.13 bits per heavy atom. The van der Waals surface area contributed by atoms with Gasteiger partial charge >= 0.3 is 0 Å². The van der Waals surface area contributed by atoms with Crippen LogP contribution in [0.3, 0.4) is 0 Å². The molecule has 86 valence electrons. The molecule has 0 aromatic heterocycles. The van der Waals surface area contributed by atoms with Crippen molar-refractivity contribution < 1.29 is 17.6 Å². The summed E-state index contributed by atoms with van der Waals surface area (Å²) in [5.41, 5.74) is 5.15. The Bertz CT molecular complexity index is 332. The van der Waals surface area contributed by atoms with Gasteiger partial charge < -0.3 is 5.73 Å². The van der Waals surface area contributed by atoms with Crippen LogP contribution >= 0.6 is 12.4 Å². The molecule has 1 atom stereocenters. The summed E-state index contributed by atoms with van der Waals surface area (Å²) in [4.78, 5) is 0. The van der Waals surface area contributed by atoms with Gasteiger partial charge in [-0.25, -0.2) is 13.2 Å². The molecule has 1 rings (SSSR count). The maximum Gasteiger partial charge on any atom is 0.194 e. The molecule has 1 nitrogen and oxygen atoms in total. The van der Waals surface area contributed by atoms with E-state index in [-0.39, 0.29) is 24.4 Å². The van der Waals surface area contributed by atoms with E-state index in [1.54, 1.807) is 0 Å². The van der Waals surface area contributed by atoms with E-state index in [0.717, 1.165) is 12.1 Å². The molecule has 6 heteroatoms. The third kappa shape index (κ3) is 3.07. The van der Waals surface area contributed by atoms with Crippen LogP contribution in [0.1, 0.15) is 18.0 Å². The van der Waals surface area contributed by atoms with Gasteiger partial charge in [0.25, 0.3) is 0 Å². The smallest absolute Gasteiger partial charge is 0.194 e. The molecule has 0 bridgehead atoms. The molecule has 0 spiro atoms. The second-order valence-electron chi connectivity index (χ2n) is 2.85. The van der Waals surface area contributed by atoms with Gasteiger partial charge in [-0.3, -0.25) is 4.39 Å². The first-order valence-corrected chi connectivity index (χ1v) is 4.03. The lowest BCUT2D eigenvalue weighted by molar-refractivity contribution is 0.413. The lowest BCUT2D eigenvalue weighted by Crippen LogP contribution is -2.14. The molecule has 0 aliphatic carbocycles. The monoisotopic (exact) mass is 243 g/mol. The van der Waals surface area contributed by atoms with Crippen LogP contribution in [0.15, 0.2) is 12.1 Å². The Balaban J connectivity index is 0.00000196. The van der Waals surface area contributed by atoms with Crippen molar-refractivity contribution in [3.63, 3.8) is 0 Å². The maximum absolute atomic E-state index is 13.0. The van der Waals surface area contributed by atoms with Crippen molar-refractivity contribution in [3.05, 3.63) is 35.1 Å². The van der Waals surface area contributed by atoms with Gasteiger partial charge in [-0.1, -0.05) is 6.07 Å². The second-order valence-corrected chi connectivity index (χ2v) is 2.85. The molecule has 0 heterocycles. The minimum absolute atomic E-state index is 0. The molecule has 0 saturated carbocycles. The molecule has 0 fully saturated rings. The van der Waals surface area contributed by atoms with Gasteiger partial charge in [0.2, 0.25) is 0 Å². The van der Waals surface area contributed by atoms with Crippen LogP contribution < -0.4 is 5.73 Å². The van der Waals surface area contributed by atoms with E-state index >= 15 is 0 Å². The zero-order valence-electron chi connectivity index (χ0n) is 7.64. The van der Waals surface area contributed by atoms with Gasteiger partial charge in [0.1, 0.15) is 0 Å². The molecule has 0 aliphatic rings. The number of hydrogen-bond donors (Lipinski definition) is 1. The molecule has 1 aromatic rings.